The van der Waals surface area contributed by atoms with Crippen molar-refractivity contribution in [3.8, 4) is 0 Å². The summed E-state index contributed by atoms with van der Waals surface area (Å²) in [5.41, 5.74) is 0.0694. The van der Waals surface area contributed by atoms with Gasteiger partial charge in [0.2, 0.25) is 0 Å². The van der Waals surface area contributed by atoms with Gasteiger partial charge in [-0.1, -0.05) is 6.92 Å². The lowest BCUT2D eigenvalue weighted by molar-refractivity contribution is 0.101. The fourth-order valence-electron chi connectivity index (χ4n) is 1.76. The van der Waals surface area contributed by atoms with Gasteiger partial charge >= 0.3 is 8.80 Å². The zero-order valence-corrected chi connectivity index (χ0v) is 10.6. The molecule has 1 heterocycles. The van der Waals surface area contributed by atoms with Crippen LogP contribution in [0.25, 0.3) is 0 Å². The van der Waals surface area contributed by atoms with Crippen molar-refractivity contribution in [1.29, 1.82) is 0 Å². The van der Waals surface area contributed by atoms with Crippen molar-refractivity contribution >= 4 is 8.80 Å². The van der Waals surface area contributed by atoms with E-state index >= 15 is 0 Å². The smallest absolute Gasteiger partial charge is 0.376 e. The predicted molar refractivity (Wildman–Crippen MR) is 58.3 cm³/mol. The van der Waals surface area contributed by atoms with Gasteiger partial charge in [0, 0.05) is 33.7 Å². The maximum absolute atomic E-state index is 5.46. The van der Waals surface area contributed by atoms with Crippen LogP contribution in [0.4, 0.5) is 0 Å². The first kappa shape index (κ1) is 12.4. The van der Waals surface area contributed by atoms with E-state index in [-0.39, 0.29) is 5.67 Å². The van der Waals surface area contributed by atoms with Gasteiger partial charge in [0.05, 0.1) is 6.33 Å². The minimum absolute atomic E-state index is 0.0694. The molecule has 0 aliphatic heterocycles. The van der Waals surface area contributed by atoms with E-state index in [0.717, 1.165) is 6.42 Å². The molecule has 1 unspecified atom stereocenters. The van der Waals surface area contributed by atoms with Gasteiger partial charge < -0.3 is 17.8 Å². The third-order valence-corrected chi connectivity index (χ3v) is 5.76. The molecule has 86 valence electrons. The van der Waals surface area contributed by atoms with Gasteiger partial charge in [0.15, 0.2) is 0 Å². The summed E-state index contributed by atoms with van der Waals surface area (Å²) in [6.45, 7) is 2.07. The highest BCUT2D eigenvalue weighted by atomic mass is 28.4. The molecule has 0 N–H and O–H groups in total. The Hall–Kier alpha value is -0.693. The van der Waals surface area contributed by atoms with Crippen LogP contribution < -0.4 is 0 Å². The maximum atomic E-state index is 5.46. The Morgan fingerprint density at radius 1 is 1.27 bits per heavy atom. The lowest BCUT2D eigenvalue weighted by Crippen LogP contribution is -2.51. The van der Waals surface area contributed by atoms with Gasteiger partial charge in [0.25, 0.3) is 0 Å². The summed E-state index contributed by atoms with van der Waals surface area (Å²) in [5.74, 6) is 0. The van der Waals surface area contributed by atoms with Gasteiger partial charge in [0.1, 0.15) is 5.67 Å². The Balaban J connectivity index is 2.98. The molecule has 5 nitrogen and oxygen atoms in total. The third-order valence-electron chi connectivity index (χ3n) is 2.53. The molecule has 6 heteroatoms. The second kappa shape index (κ2) is 5.41. The Bertz CT molecular complexity index is 267. The number of hydrogen-bond donors (Lipinski definition) is 0. The molecular weight excluding hydrogens is 212 g/mol. The first-order chi connectivity index (χ1) is 7.24. The number of aromatic nitrogens is 2. The van der Waals surface area contributed by atoms with Crippen molar-refractivity contribution in [3.63, 3.8) is 0 Å². The molecule has 1 atom stereocenters. The Morgan fingerprint density at radius 2 is 1.87 bits per heavy atom. The van der Waals surface area contributed by atoms with Crippen LogP contribution in [-0.2, 0) is 13.3 Å². The fourth-order valence-corrected chi connectivity index (χ4v) is 4.09. The average Bonchev–Trinajstić information content (AvgIpc) is 2.79. The topological polar surface area (TPSA) is 45.5 Å². The fraction of sp³-hybridized carbons (Fsp3) is 0.667. The number of hydrogen-bond acceptors (Lipinski definition) is 4. The minimum Gasteiger partial charge on any atom is -0.376 e. The minimum atomic E-state index is -2.63. The number of nitrogens with zero attached hydrogens (tertiary/aromatic N) is 2. The molecule has 1 rings (SSSR count). The molecule has 0 amide bonds. The lowest BCUT2D eigenvalue weighted by atomic mass is 10.5. The molecule has 1 aromatic heterocycles. The Kier molecular flexibility index (Phi) is 4.46. The Morgan fingerprint density at radius 3 is 2.20 bits per heavy atom. The van der Waals surface area contributed by atoms with Gasteiger partial charge in [-0.05, 0) is 6.42 Å². The molecule has 0 saturated carbocycles. The SMILES string of the molecule is CCC(n1ccnc1)[Si](OC)(OC)OC. The quantitative estimate of drug-likeness (QED) is 0.690. The molecule has 0 fully saturated rings. The highest BCUT2D eigenvalue weighted by molar-refractivity contribution is 6.61. The highest BCUT2D eigenvalue weighted by Gasteiger charge is 2.47. The van der Waals surface area contributed by atoms with Crippen LogP contribution in [0.1, 0.15) is 19.0 Å². The number of rotatable bonds is 6. The van der Waals surface area contributed by atoms with Gasteiger partial charge in [-0.15, -0.1) is 0 Å². The van der Waals surface area contributed by atoms with Crippen LogP contribution in [0.2, 0.25) is 0 Å². The molecule has 0 aromatic carbocycles. The van der Waals surface area contributed by atoms with E-state index in [1.807, 2.05) is 10.8 Å². The molecule has 1 aromatic rings. The number of imidazole rings is 1. The second-order valence-corrected chi connectivity index (χ2v) is 6.25. The molecule has 0 bridgehead atoms. The average molecular weight is 230 g/mol. The monoisotopic (exact) mass is 230 g/mol. The molecule has 0 aliphatic carbocycles. The Labute approximate surface area is 91.4 Å². The first-order valence-electron chi connectivity index (χ1n) is 4.87. The third kappa shape index (κ3) is 2.28. The summed E-state index contributed by atoms with van der Waals surface area (Å²) in [5, 5.41) is 0. The van der Waals surface area contributed by atoms with Crippen LogP contribution in [0.15, 0.2) is 18.7 Å². The van der Waals surface area contributed by atoms with Crippen molar-refractivity contribution in [3.05, 3.63) is 18.7 Å². The zero-order valence-electron chi connectivity index (χ0n) is 9.64. The van der Waals surface area contributed by atoms with Crippen molar-refractivity contribution in [2.75, 3.05) is 21.3 Å². The summed E-state index contributed by atoms with van der Waals surface area (Å²) in [7, 11) is 2.24. The summed E-state index contributed by atoms with van der Waals surface area (Å²) in [6, 6.07) is 0. The van der Waals surface area contributed by atoms with E-state index < -0.39 is 8.80 Å². The van der Waals surface area contributed by atoms with Crippen molar-refractivity contribution in [1.82, 2.24) is 9.55 Å². The van der Waals surface area contributed by atoms with Gasteiger partial charge in [-0.2, -0.15) is 0 Å². The summed E-state index contributed by atoms with van der Waals surface area (Å²) >= 11 is 0. The largest absolute Gasteiger partial charge is 0.524 e. The standard InChI is InChI=1S/C9H18N2O3Si/c1-5-9(11-7-6-10-8-11)15(12-2,13-3)14-4/h6-9H,5H2,1-4H3. The summed E-state index contributed by atoms with van der Waals surface area (Å²) < 4.78 is 18.4. The van der Waals surface area contributed by atoms with Gasteiger partial charge in [-0.3, -0.25) is 0 Å². The molecular formula is C9H18N2O3Si. The molecule has 0 aliphatic rings. The zero-order chi connectivity index (χ0) is 11.3. The van der Waals surface area contributed by atoms with Crippen molar-refractivity contribution in [2.24, 2.45) is 0 Å². The van der Waals surface area contributed by atoms with Crippen molar-refractivity contribution < 1.29 is 13.3 Å². The molecule has 15 heavy (non-hydrogen) atoms. The van der Waals surface area contributed by atoms with E-state index in [1.54, 1.807) is 33.9 Å². The summed E-state index contributed by atoms with van der Waals surface area (Å²) in [6.07, 6.45) is 6.26. The van der Waals surface area contributed by atoms with E-state index in [9.17, 15) is 0 Å². The van der Waals surface area contributed by atoms with Crippen LogP contribution in [0.5, 0.6) is 0 Å². The van der Waals surface area contributed by atoms with Crippen LogP contribution in [-0.4, -0.2) is 39.7 Å². The van der Waals surface area contributed by atoms with E-state index in [4.69, 9.17) is 13.3 Å². The highest BCUT2D eigenvalue weighted by Crippen LogP contribution is 2.26. The van der Waals surface area contributed by atoms with E-state index in [1.165, 1.54) is 0 Å². The van der Waals surface area contributed by atoms with Gasteiger partial charge in [-0.25, -0.2) is 4.98 Å². The van der Waals surface area contributed by atoms with Crippen LogP contribution >= 0.6 is 0 Å². The maximum Gasteiger partial charge on any atom is 0.524 e. The predicted octanol–water partition coefficient (Wildman–Crippen LogP) is 1.25. The second-order valence-electron chi connectivity index (χ2n) is 3.15. The summed E-state index contributed by atoms with van der Waals surface area (Å²) in [4.78, 5) is 4.03. The van der Waals surface area contributed by atoms with Crippen LogP contribution in [0.3, 0.4) is 0 Å². The normalized spacial score (nSPS) is 14.1. The van der Waals surface area contributed by atoms with E-state index in [0.29, 0.717) is 0 Å². The molecule has 0 radical (unpaired) electrons. The van der Waals surface area contributed by atoms with Crippen LogP contribution in [0, 0.1) is 0 Å². The van der Waals surface area contributed by atoms with Crippen molar-refractivity contribution in [2.45, 2.75) is 19.0 Å². The molecule has 0 saturated heterocycles. The first-order valence-corrected chi connectivity index (χ1v) is 6.67. The lowest BCUT2D eigenvalue weighted by Gasteiger charge is -2.32. The molecule has 0 spiro atoms. The van der Waals surface area contributed by atoms with E-state index in [2.05, 4.69) is 11.9 Å².